The van der Waals surface area contributed by atoms with E-state index in [1.807, 2.05) is 0 Å². The van der Waals surface area contributed by atoms with Crippen molar-refractivity contribution in [3.63, 3.8) is 0 Å². The number of anilines is 1. The Morgan fingerprint density at radius 2 is 1.56 bits per heavy atom. The molecule has 6 nitrogen and oxygen atoms in total. The lowest BCUT2D eigenvalue weighted by Gasteiger charge is -2.30. The van der Waals surface area contributed by atoms with Gasteiger partial charge in [0.05, 0.1) is 5.60 Å². The minimum atomic E-state index is -4.29. The Morgan fingerprint density at radius 1 is 1.00 bits per heavy atom. The van der Waals surface area contributed by atoms with E-state index < -0.39 is 55.4 Å². The molecule has 0 aliphatic carbocycles. The summed E-state index contributed by atoms with van der Waals surface area (Å²) in [5.41, 5.74) is -1.56. The lowest BCUT2D eigenvalue weighted by atomic mass is 9.93. The third kappa shape index (κ3) is 5.28. The Bertz CT molecular complexity index is 1100. The first-order valence-corrected chi connectivity index (χ1v) is 11.3. The zero-order valence-electron chi connectivity index (χ0n) is 17.2. The van der Waals surface area contributed by atoms with Gasteiger partial charge in [0.1, 0.15) is 10.7 Å². The minimum absolute atomic E-state index is 0.0719. The molecule has 1 saturated heterocycles. The normalized spacial score (nSPS) is 17.4. The van der Waals surface area contributed by atoms with Crippen LogP contribution in [-0.4, -0.2) is 42.4 Å². The van der Waals surface area contributed by atoms with Gasteiger partial charge in [-0.1, -0.05) is 0 Å². The molecule has 0 bridgehead atoms. The number of aliphatic hydroxyl groups is 1. The number of hydrogen-bond acceptors (Lipinski definition) is 4. The number of amides is 1. The Morgan fingerprint density at radius 3 is 2.12 bits per heavy atom. The van der Waals surface area contributed by atoms with Crippen LogP contribution in [-0.2, 0) is 10.0 Å². The molecule has 11 heteroatoms. The average Bonchev–Trinajstić information content (AvgIpc) is 2.69. The molecule has 0 spiro atoms. The number of rotatable bonds is 4. The van der Waals surface area contributed by atoms with Crippen molar-refractivity contribution in [2.45, 2.75) is 43.1 Å². The Labute approximate surface area is 182 Å². The highest BCUT2D eigenvalue weighted by atomic mass is 32.2. The van der Waals surface area contributed by atoms with E-state index in [9.17, 15) is 35.9 Å². The van der Waals surface area contributed by atoms with Gasteiger partial charge in [-0.25, -0.2) is 26.0 Å². The molecule has 3 rings (SSSR count). The number of sulfonamides is 1. The number of benzene rings is 2. The second-order valence-corrected chi connectivity index (χ2v) is 9.87. The fourth-order valence-corrected chi connectivity index (χ4v) is 5.17. The lowest BCUT2D eigenvalue weighted by Crippen LogP contribution is -2.38. The first-order chi connectivity index (χ1) is 14.9. The number of carbonyl (C=O) groups is 1. The highest BCUT2D eigenvalue weighted by molar-refractivity contribution is 7.89. The number of nitrogens with zero attached hydrogens (tertiary/aromatic N) is 1. The molecule has 0 radical (unpaired) electrons. The van der Waals surface area contributed by atoms with Crippen LogP contribution in [0.4, 0.5) is 23.2 Å². The summed E-state index contributed by atoms with van der Waals surface area (Å²) >= 11 is 0. The first kappa shape index (κ1) is 24.1. The zero-order valence-corrected chi connectivity index (χ0v) is 18.0. The monoisotopic (exact) mass is 474 g/mol. The van der Waals surface area contributed by atoms with Gasteiger partial charge in [0.25, 0.3) is 5.91 Å². The summed E-state index contributed by atoms with van der Waals surface area (Å²) in [6.45, 7) is 1.82. The van der Waals surface area contributed by atoms with Gasteiger partial charge in [-0.15, -0.1) is 0 Å². The van der Waals surface area contributed by atoms with Crippen molar-refractivity contribution in [3.8, 4) is 0 Å². The molecule has 1 heterocycles. The van der Waals surface area contributed by atoms with E-state index in [1.54, 1.807) is 6.92 Å². The van der Waals surface area contributed by atoms with E-state index in [0.717, 1.165) is 22.5 Å². The predicted molar refractivity (Wildman–Crippen MR) is 109 cm³/mol. The van der Waals surface area contributed by atoms with E-state index in [0.29, 0.717) is 37.8 Å². The van der Waals surface area contributed by atoms with Crippen LogP contribution < -0.4 is 5.32 Å². The summed E-state index contributed by atoms with van der Waals surface area (Å²) in [6, 6.07) is 3.79. The Kier molecular flexibility index (Phi) is 6.91. The Balaban J connectivity index is 1.85. The van der Waals surface area contributed by atoms with E-state index >= 15 is 0 Å². The SMILES string of the molecule is CC1(O)CCCN(S(=O)(=O)c2cc(C(=O)Nc3cc(F)c(F)c(F)c3)ccc2F)CCC1. The molecule has 2 aromatic carbocycles. The van der Waals surface area contributed by atoms with Crippen molar-refractivity contribution in [1.82, 2.24) is 4.31 Å². The third-order valence-electron chi connectivity index (χ3n) is 5.30. The molecule has 1 aliphatic heterocycles. The standard InChI is InChI=1S/C21H22F4N2O4S/c1-21(29)6-2-8-27(9-3-7-21)32(30,31)18-10-13(4-5-15(18)22)20(28)26-14-11-16(23)19(25)17(24)12-14/h4-5,10-12,29H,2-3,6-9H2,1H3,(H,26,28). The van der Waals surface area contributed by atoms with Crippen molar-refractivity contribution in [2.24, 2.45) is 0 Å². The lowest BCUT2D eigenvalue weighted by molar-refractivity contribution is 0.0297. The van der Waals surface area contributed by atoms with Gasteiger partial charge in [0.15, 0.2) is 17.5 Å². The van der Waals surface area contributed by atoms with Gasteiger partial charge in [0, 0.05) is 36.5 Å². The number of hydrogen-bond donors (Lipinski definition) is 2. The number of halogens is 4. The van der Waals surface area contributed by atoms with Crippen LogP contribution in [0, 0.1) is 23.3 Å². The molecule has 0 unspecified atom stereocenters. The van der Waals surface area contributed by atoms with Crippen molar-refractivity contribution in [3.05, 3.63) is 59.2 Å². The molecule has 2 N–H and O–H groups in total. The predicted octanol–water partition coefficient (Wildman–Crippen LogP) is 3.81. The van der Waals surface area contributed by atoms with Gasteiger partial charge in [-0.3, -0.25) is 4.79 Å². The minimum Gasteiger partial charge on any atom is -0.390 e. The quantitative estimate of drug-likeness (QED) is 0.521. The van der Waals surface area contributed by atoms with Crippen LogP contribution in [0.2, 0.25) is 0 Å². The molecule has 2 aromatic rings. The molecule has 0 saturated carbocycles. The topological polar surface area (TPSA) is 86.7 Å². The molecule has 1 aliphatic rings. The summed E-state index contributed by atoms with van der Waals surface area (Å²) in [5, 5.41) is 12.3. The summed E-state index contributed by atoms with van der Waals surface area (Å²) < 4.78 is 81.5. The smallest absolute Gasteiger partial charge is 0.255 e. The number of nitrogens with one attached hydrogen (secondary N) is 1. The van der Waals surface area contributed by atoms with Crippen LogP contribution in [0.5, 0.6) is 0 Å². The van der Waals surface area contributed by atoms with Gasteiger partial charge >= 0.3 is 0 Å². The van der Waals surface area contributed by atoms with Crippen LogP contribution >= 0.6 is 0 Å². The fraction of sp³-hybridized carbons (Fsp3) is 0.381. The van der Waals surface area contributed by atoms with Crippen LogP contribution in [0.1, 0.15) is 43.0 Å². The highest BCUT2D eigenvalue weighted by Gasteiger charge is 2.31. The summed E-state index contributed by atoms with van der Waals surface area (Å²) in [6.07, 6.45) is 1.51. The second kappa shape index (κ2) is 9.16. The van der Waals surface area contributed by atoms with E-state index in [4.69, 9.17) is 0 Å². The van der Waals surface area contributed by atoms with Crippen LogP contribution in [0.3, 0.4) is 0 Å². The molecular formula is C21H22F4N2O4S. The average molecular weight is 474 g/mol. The van der Waals surface area contributed by atoms with Gasteiger partial charge < -0.3 is 10.4 Å². The van der Waals surface area contributed by atoms with Crippen molar-refractivity contribution < 1.29 is 35.9 Å². The van der Waals surface area contributed by atoms with Gasteiger partial charge in [-0.05, 0) is 50.8 Å². The van der Waals surface area contributed by atoms with Gasteiger partial charge in [-0.2, -0.15) is 4.31 Å². The highest BCUT2D eigenvalue weighted by Crippen LogP contribution is 2.27. The molecule has 1 amide bonds. The maximum Gasteiger partial charge on any atom is 0.255 e. The van der Waals surface area contributed by atoms with Crippen molar-refractivity contribution in [2.75, 3.05) is 18.4 Å². The zero-order chi connectivity index (χ0) is 23.7. The van der Waals surface area contributed by atoms with E-state index in [1.165, 1.54) is 0 Å². The largest absolute Gasteiger partial charge is 0.390 e. The van der Waals surface area contributed by atoms with E-state index in [2.05, 4.69) is 5.32 Å². The third-order valence-corrected chi connectivity index (χ3v) is 7.21. The molecular weight excluding hydrogens is 452 g/mol. The summed E-state index contributed by atoms with van der Waals surface area (Å²) in [4.78, 5) is 11.7. The number of carbonyl (C=O) groups excluding carboxylic acids is 1. The molecule has 0 aromatic heterocycles. The molecule has 1 fully saturated rings. The fourth-order valence-electron chi connectivity index (χ4n) is 3.56. The maximum absolute atomic E-state index is 14.4. The van der Waals surface area contributed by atoms with Crippen molar-refractivity contribution in [1.29, 1.82) is 0 Å². The molecule has 0 atom stereocenters. The van der Waals surface area contributed by atoms with Crippen molar-refractivity contribution >= 4 is 21.6 Å². The summed E-state index contributed by atoms with van der Waals surface area (Å²) in [5.74, 6) is -6.75. The van der Waals surface area contributed by atoms with Crippen LogP contribution in [0.15, 0.2) is 35.2 Å². The molecule has 32 heavy (non-hydrogen) atoms. The second-order valence-electron chi connectivity index (χ2n) is 7.96. The summed E-state index contributed by atoms with van der Waals surface area (Å²) in [7, 11) is -4.29. The Hall–Kier alpha value is -2.50. The molecule has 174 valence electrons. The van der Waals surface area contributed by atoms with Gasteiger partial charge in [0.2, 0.25) is 10.0 Å². The first-order valence-electron chi connectivity index (χ1n) is 9.89. The van der Waals surface area contributed by atoms with Crippen LogP contribution in [0.25, 0.3) is 0 Å². The van der Waals surface area contributed by atoms with E-state index in [-0.39, 0.29) is 18.7 Å². The maximum atomic E-state index is 14.4.